The Kier molecular flexibility index (Phi) is 8.77. The Morgan fingerprint density at radius 3 is 2.52 bits per heavy atom. The summed E-state index contributed by atoms with van der Waals surface area (Å²) in [4.78, 5) is 6.92. The Hall–Kier alpha value is -1.59. The van der Waals surface area contributed by atoms with Crippen LogP contribution in [0.2, 0.25) is 0 Å². The topological polar surface area (TPSA) is 48.9 Å². The van der Waals surface area contributed by atoms with Crippen LogP contribution in [0.25, 0.3) is 0 Å². The molecule has 0 spiro atoms. The molecule has 2 N–H and O–H groups in total. The largest absolute Gasteiger partial charge is 0.379 e. The summed E-state index contributed by atoms with van der Waals surface area (Å²) in [7, 11) is 1.84. The van der Waals surface area contributed by atoms with Crippen molar-refractivity contribution in [2.45, 2.75) is 32.7 Å². The first-order chi connectivity index (χ1) is 12.2. The van der Waals surface area contributed by atoms with Gasteiger partial charge in [-0.15, -0.1) is 0 Å². The van der Waals surface area contributed by atoms with Crippen molar-refractivity contribution < 1.29 is 4.74 Å². The van der Waals surface area contributed by atoms with Crippen molar-refractivity contribution in [3.05, 3.63) is 35.9 Å². The molecule has 1 unspecified atom stereocenters. The molecule has 0 bridgehead atoms. The molecule has 0 aliphatic carbocycles. The van der Waals surface area contributed by atoms with E-state index in [4.69, 9.17) is 4.74 Å². The lowest BCUT2D eigenvalue weighted by Crippen LogP contribution is -2.51. The number of nitrogens with zero attached hydrogens (tertiary/aromatic N) is 2. The van der Waals surface area contributed by atoms with E-state index in [0.29, 0.717) is 12.0 Å². The molecule has 0 amide bonds. The van der Waals surface area contributed by atoms with Gasteiger partial charge >= 0.3 is 0 Å². The molecule has 1 aromatic rings. The highest BCUT2D eigenvalue weighted by atomic mass is 16.5. The van der Waals surface area contributed by atoms with Crippen LogP contribution in [0.15, 0.2) is 35.3 Å². The van der Waals surface area contributed by atoms with E-state index in [1.54, 1.807) is 0 Å². The summed E-state index contributed by atoms with van der Waals surface area (Å²) in [5.41, 5.74) is 1.34. The van der Waals surface area contributed by atoms with Gasteiger partial charge in [-0.05, 0) is 24.3 Å². The maximum absolute atomic E-state index is 5.50. The van der Waals surface area contributed by atoms with Crippen LogP contribution in [0.1, 0.15) is 25.8 Å². The van der Waals surface area contributed by atoms with Crippen molar-refractivity contribution in [3.63, 3.8) is 0 Å². The Balaban J connectivity index is 1.77. The smallest absolute Gasteiger partial charge is 0.191 e. The zero-order chi connectivity index (χ0) is 17.9. The fourth-order valence-corrected chi connectivity index (χ4v) is 3.25. The molecule has 1 saturated heterocycles. The fourth-order valence-electron chi connectivity index (χ4n) is 3.25. The number of aliphatic imine (C=N–C) groups is 1. The Morgan fingerprint density at radius 1 is 1.16 bits per heavy atom. The number of guanidine groups is 1. The normalized spacial score (nSPS) is 17.5. The van der Waals surface area contributed by atoms with E-state index in [-0.39, 0.29) is 0 Å². The summed E-state index contributed by atoms with van der Waals surface area (Å²) in [5, 5.41) is 6.94. The molecule has 1 heterocycles. The van der Waals surface area contributed by atoms with Gasteiger partial charge in [0, 0.05) is 39.3 Å². The zero-order valence-corrected chi connectivity index (χ0v) is 16.0. The van der Waals surface area contributed by atoms with E-state index < -0.39 is 0 Å². The molecule has 1 fully saturated rings. The third-order valence-electron chi connectivity index (χ3n) is 4.58. The van der Waals surface area contributed by atoms with Gasteiger partial charge in [-0.3, -0.25) is 9.89 Å². The van der Waals surface area contributed by atoms with Gasteiger partial charge in [0.2, 0.25) is 0 Å². The summed E-state index contributed by atoms with van der Waals surface area (Å²) in [5.74, 6) is 1.57. The third-order valence-corrected chi connectivity index (χ3v) is 4.58. The predicted molar refractivity (Wildman–Crippen MR) is 105 cm³/mol. The van der Waals surface area contributed by atoms with E-state index in [0.717, 1.165) is 51.8 Å². The lowest BCUT2D eigenvalue weighted by Gasteiger charge is -2.35. The number of nitrogens with one attached hydrogen (secondary N) is 2. The average Bonchev–Trinajstić information content (AvgIpc) is 2.64. The van der Waals surface area contributed by atoms with Crippen LogP contribution in [0, 0.1) is 5.92 Å². The SMILES string of the molecule is CN=C(NCCc1ccccc1)NCC(CC(C)C)N1CCOCC1. The average molecular weight is 347 g/mol. The standard InChI is InChI=1S/C20H34N4O/c1-17(2)15-19(24-11-13-25-14-12-24)16-23-20(21-3)22-10-9-18-7-5-4-6-8-18/h4-8,17,19H,9-16H2,1-3H3,(H2,21,22,23). The maximum Gasteiger partial charge on any atom is 0.191 e. The van der Waals surface area contributed by atoms with E-state index in [2.05, 4.69) is 64.7 Å². The number of morpholine rings is 1. The zero-order valence-electron chi connectivity index (χ0n) is 16.0. The van der Waals surface area contributed by atoms with E-state index >= 15 is 0 Å². The summed E-state index contributed by atoms with van der Waals surface area (Å²) in [6, 6.07) is 11.1. The molecule has 0 aromatic heterocycles. The molecule has 5 heteroatoms. The minimum atomic E-state index is 0.525. The molecule has 140 valence electrons. The van der Waals surface area contributed by atoms with Gasteiger partial charge in [-0.2, -0.15) is 0 Å². The lowest BCUT2D eigenvalue weighted by molar-refractivity contribution is 0.0132. The highest BCUT2D eigenvalue weighted by molar-refractivity contribution is 5.79. The number of rotatable bonds is 8. The molecule has 0 radical (unpaired) electrons. The van der Waals surface area contributed by atoms with Gasteiger partial charge < -0.3 is 15.4 Å². The van der Waals surface area contributed by atoms with Crippen molar-refractivity contribution in [1.82, 2.24) is 15.5 Å². The first-order valence-electron chi connectivity index (χ1n) is 9.49. The van der Waals surface area contributed by atoms with E-state index in [1.807, 2.05) is 7.05 Å². The highest BCUT2D eigenvalue weighted by Gasteiger charge is 2.22. The molecule has 1 atom stereocenters. The molecule has 5 nitrogen and oxygen atoms in total. The second-order valence-electron chi connectivity index (χ2n) is 7.05. The molecular formula is C20H34N4O. The fraction of sp³-hybridized carbons (Fsp3) is 0.650. The van der Waals surface area contributed by atoms with Crippen molar-refractivity contribution in [2.24, 2.45) is 10.9 Å². The van der Waals surface area contributed by atoms with Crippen LogP contribution in [0.5, 0.6) is 0 Å². The highest BCUT2D eigenvalue weighted by Crippen LogP contribution is 2.13. The summed E-state index contributed by atoms with van der Waals surface area (Å²) >= 11 is 0. The van der Waals surface area contributed by atoms with Gasteiger partial charge in [-0.1, -0.05) is 44.2 Å². The van der Waals surface area contributed by atoms with E-state index in [1.165, 1.54) is 12.0 Å². The van der Waals surface area contributed by atoms with E-state index in [9.17, 15) is 0 Å². The van der Waals surface area contributed by atoms with Gasteiger partial charge in [0.25, 0.3) is 0 Å². The second kappa shape index (κ2) is 11.1. The number of ether oxygens (including phenoxy) is 1. The Morgan fingerprint density at radius 2 is 1.88 bits per heavy atom. The predicted octanol–water partition coefficient (Wildman–Crippen LogP) is 2.14. The first-order valence-corrected chi connectivity index (χ1v) is 9.49. The van der Waals surface area contributed by atoms with Crippen molar-refractivity contribution >= 4 is 5.96 Å². The first kappa shape index (κ1) is 19.7. The molecule has 25 heavy (non-hydrogen) atoms. The molecular weight excluding hydrogens is 312 g/mol. The number of hydrogen-bond donors (Lipinski definition) is 2. The van der Waals surface area contributed by atoms with Crippen LogP contribution >= 0.6 is 0 Å². The van der Waals surface area contributed by atoms with Crippen LogP contribution < -0.4 is 10.6 Å². The summed E-state index contributed by atoms with van der Waals surface area (Å²) in [6.07, 6.45) is 2.19. The number of benzene rings is 1. The van der Waals surface area contributed by atoms with Gasteiger partial charge in [-0.25, -0.2) is 0 Å². The maximum atomic E-state index is 5.50. The van der Waals surface area contributed by atoms with Crippen LogP contribution in [0.3, 0.4) is 0 Å². The van der Waals surface area contributed by atoms with Crippen LogP contribution in [-0.4, -0.2) is 63.3 Å². The molecule has 1 aliphatic heterocycles. The molecule has 1 aliphatic rings. The van der Waals surface area contributed by atoms with Crippen LogP contribution in [0.4, 0.5) is 0 Å². The minimum Gasteiger partial charge on any atom is -0.379 e. The molecule has 1 aromatic carbocycles. The van der Waals surface area contributed by atoms with Gasteiger partial charge in [0.1, 0.15) is 0 Å². The second-order valence-corrected chi connectivity index (χ2v) is 7.05. The monoisotopic (exact) mass is 346 g/mol. The lowest BCUT2D eigenvalue weighted by atomic mass is 10.0. The Labute approximate surface area is 152 Å². The van der Waals surface area contributed by atoms with Crippen molar-refractivity contribution in [3.8, 4) is 0 Å². The third kappa shape index (κ3) is 7.45. The van der Waals surface area contributed by atoms with Crippen molar-refractivity contribution in [2.75, 3.05) is 46.4 Å². The van der Waals surface area contributed by atoms with Gasteiger partial charge in [0.05, 0.1) is 13.2 Å². The van der Waals surface area contributed by atoms with Gasteiger partial charge in [0.15, 0.2) is 5.96 Å². The van der Waals surface area contributed by atoms with Crippen molar-refractivity contribution in [1.29, 1.82) is 0 Å². The summed E-state index contributed by atoms with van der Waals surface area (Å²) in [6.45, 7) is 10.1. The quantitative estimate of drug-likeness (QED) is 0.559. The van der Waals surface area contributed by atoms with Crippen LogP contribution in [-0.2, 0) is 11.2 Å². The minimum absolute atomic E-state index is 0.525. The molecule has 2 rings (SSSR count). The summed E-state index contributed by atoms with van der Waals surface area (Å²) < 4.78 is 5.50. The Bertz CT molecular complexity index is 498. The molecule has 0 saturated carbocycles. The number of hydrogen-bond acceptors (Lipinski definition) is 3.